The Bertz CT molecular complexity index is 950. The van der Waals surface area contributed by atoms with E-state index in [0.717, 1.165) is 0 Å². The lowest BCUT2D eigenvalue weighted by atomic mass is 10.1. The fourth-order valence-corrected chi connectivity index (χ4v) is 2.52. The van der Waals surface area contributed by atoms with Crippen molar-refractivity contribution in [3.63, 3.8) is 0 Å². The third kappa shape index (κ3) is 6.01. The maximum absolute atomic E-state index is 12.1. The Kier molecular flexibility index (Phi) is 8.27. The predicted molar refractivity (Wildman–Crippen MR) is 111 cm³/mol. The van der Waals surface area contributed by atoms with Crippen molar-refractivity contribution < 1.29 is 28.6 Å². The number of amides is 2. The smallest absolute Gasteiger partial charge is 0.340 e. The van der Waals surface area contributed by atoms with Gasteiger partial charge in [0.25, 0.3) is 11.8 Å². The number of carbonyl (C=O) groups is 3. The largest absolute Gasteiger partial charge is 0.493 e. The average Bonchev–Trinajstić information content (AvgIpc) is 2.78. The predicted octanol–water partition coefficient (Wildman–Crippen LogP) is 2.25. The average molecular weight is 410 g/mol. The van der Waals surface area contributed by atoms with Gasteiger partial charge >= 0.3 is 5.97 Å². The summed E-state index contributed by atoms with van der Waals surface area (Å²) in [6, 6.07) is 11.7. The van der Waals surface area contributed by atoms with Crippen LogP contribution in [-0.2, 0) is 9.53 Å². The van der Waals surface area contributed by atoms with Crippen LogP contribution in [0.3, 0.4) is 0 Å². The highest BCUT2D eigenvalue weighted by molar-refractivity contribution is 6.08. The van der Waals surface area contributed by atoms with E-state index < -0.39 is 11.9 Å². The van der Waals surface area contributed by atoms with Gasteiger partial charge in [-0.1, -0.05) is 18.2 Å². The number of nitrogens with one attached hydrogen (secondary N) is 2. The zero-order valence-electron chi connectivity index (χ0n) is 16.7. The van der Waals surface area contributed by atoms with Crippen LogP contribution in [0.1, 0.15) is 27.1 Å². The second-order valence-corrected chi connectivity index (χ2v) is 5.96. The molecule has 2 aromatic carbocycles. The van der Waals surface area contributed by atoms with Gasteiger partial charge in [-0.2, -0.15) is 0 Å². The molecule has 156 valence electrons. The minimum atomic E-state index is -0.718. The van der Waals surface area contributed by atoms with Crippen LogP contribution in [0.2, 0.25) is 0 Å². The highest BCUT2D eigenvalue weighted by atomic mass is 16.5. The van der Waals surface area contributed by atoms with Crippen molar-refractivity contribution in [1.82, 2.24) is 5.32 Å². The number of methoxy groups -OCH3 is 2. The monoisotopic (exact) mass is 410 g/mol. The SMILES string of the molecule is C#CC(=O)Nc1cc(OC)c(OCCCNC(=O)c2ccccc2)cc1C(=O)OC. The van der Waals surface area contributed by atoms with Crippen LogP contribution in [0, 0.1) is 12.3 Å². The number of terminal acetylenes is 1. The Balaban J connectivity index is 2.02. The highest BCUT2D eigenvalue weighted by Gasteiger charge is 2.19. The first-order valence-corrected chi connectivity index (χ1v) is 9.04. The van der Waals surface area contributed by atoms with Gasteiger partial charge in [-0.05, 0) is 24.5 Å². The van der Waals surface area contributed by atoms with E-state index in [1.807, 2.05) is 12.0 Å². The maximum atomic E-state index is 12.1. The fraction of sp³-hybridized carbons (Fsp3) is 0.227. The van der Waals surface area contributed by atoms with Crippen molar-refractivity contribution in [1.29, 1.82) is 0 Å². The lowest BCUT2D eigenvalue weighted by Gasteiger charge is -2.15. The topological polar surface area (TPSA) is 103 Å². The molecule has 0 unspecified atom stereocenters. The minimum absolute atomic E-state index is 0.0641. The summed E-state index contributed by atoms with van der Waals surface area (Å²) in [6.45, 7) is 0.651. The normalized spacial score (nSPS) is 9.77. The number of benzene rings is 2. The van der Waals surface area contributed by atoms with Crippen molar-refractivity contribution in [2.75, 3.05) is 32.7 Å². The van der Waals surface area contributed by atoms with Gasteiger partial charge in [0.2, 0.25) is 0 Å². The van der Waals surface area contributed by atoms with Gasteiger partial charge < -0.3 is 24.8 Å². The summed E-state index contributed by atoms with van der Waals surface area (Å²) >= 11 is 0. The van der Waals surface area contributed by atoms with Gasteiger partial charge in [-0.3, -0.25) is 9.59 Å². The van der Waals surface area contributed by atoms with Gasteiger partial charge in [0.15, 0.2) is 11.5 Å². The van der Waals surface area contributed by atoms with Crippen molar-refractivity contribution in [2.45, 2.75) is 6.42 Å². The molecule has 2 N–H and O–H groups in total. The zero-order valence-corrected chi connectivity index (χ0v) is 16.7. The maximum Gasteiger partial charge on any atom is 0.340 e. The van der Waals surface area contributed by atoms with Crippen LogP contribution < -0.4 is 20.1 Å². The molecule has 2 rings (SSSR count). The summed E-state index contributed by atoms with van der Waals surface area (Å²) in [5.41, 5.74) is 0.783. The van der Waals surface area contributed by atoms with Crippen LogP contribution >= 0.6 is 0 Å². The summed E-state index contributed by atoms with van der Waals surface area (Å²) in [5.74, 6) is 0.923. The molecule has 0 saturated heterocycles. The molecule has 0 bridgehead atoms. The van der Waals surface area contributed by atoms with Crippen molar-refractivity contribution in [2.24, 2.45) is 0 Å². The van der Waals surface area contributed by atoms with E-state index in [1.165, 1.54) is 26.4 Å². The number of anilines is 1. The van der Waals surface area contributed by atoms with Crippen molar-refractivity contribution >= 4 is 23.5 Å². The van der Waals surface area contributed by atoms with Crippen LogP contribution in [0.25, 0.3) is 0 Å². The van der Waals surface area contributed by atoms with Gasteiger partial charge in [0, 0.05) is 24.2 Å². The molecule has 0 aliphatic rings. The first-order valence-electron chi connectivity index (χ1n) is 9.04. The molecule has 0 aromatic heterocycles. The number of hydrogen-bond donors (Lipinski definition) is 2. The second kappa shape index (κ2) is 11.1. The molecule has 8 nitrogen and oxygen atoms in total. The Hall–Kier alpha value is -3.99. The molecule has 2 amide bonds. The molecule has 0 radical (unpaired) electrons. The lowest BCUT2D eigenvalue weighted by Crippen LogP contribution is -2.25. The van der Waals surface area contributed by atoms with Gasteiger partial charge in [0.05, 0.1) is 32.1 Å². The molecule has 0 aliphatic heterocycles. The number of rotatable bonds is 9. The quantitative estimate of drug-likeness (QED) is 0.373. The molecule has 0 spiro atoms. The third-order valence-electron chi connectivity index (χ3n) is 3.99. The molecular formula is C22H22N2O6. The number of hydrogen-bond acceptors (Lipinski definition) is 6. The van der Waals surface area contributed by atoms with Crippen LogP contribution in [0.4, 0.5) is 5.69 Å². The number of esters is 1. The molecule has 0 aliphatic carbocycles. The molecule has 30 heavy (non-hydrogen) atoms. The van der Waals surface area contributed by atoms with Crippen molar-refractivity contribution in [3.05, 3.63) is 53.6 Å². The van der Waals surface area contributed by atoms with E-state index in [1.54, 1.807) is 24.3 Å². The molecule has 2 aromatic rings. The second-order valence-electron chi connectivity index (χ2n) is 5.96. The summed E-state index contributed by atoms with van der Waals surface area (Å²) in [7, 11) is 2.64. The van der Waals surface area contributed by atoms with Crippen LogP contribution in [0.15, 0.2) is 42.5 Å². The van der Waals surface area contributed by atoms with E-state index >= 15 is 0 Å². The summed E-state index contributed by atoms with van der Waals surface area (Å²) < 4.78 is 15.7. The number of carbonyl (C=O) groups excluding carboxylic acids is 3. The highest BCUT2D eigenvalue weighted by Crippen LogP contribution is 2.34. The van der Waals surface area contributed by atoms with Gasteiger partial charge in [-0.15, -0.1) is 6.42 Å². The Morgan fingerprint density at radius 3 is 2.43 bits per heavy atom. The van der Waals surface area contributed by atoms with Crippen LogP contribution in [-0.4, -0.2) is 45.2 Å². The van der Waals surface area contributed by atoms with Crippen molar-refractivity contribution in [3.8, 4) is 23.8 Å². The van der Waals surface area contributed by atoms with E-state index in [9.17, 15) is 14.4 Å². The minimum Gasteiger partial charge on any atom is -0.493 e. The molecule has 0 fully saturated rings. The first-order chi connectivity index (χ1) is 14.5. The summed E-state index contributed by atoms with van der Waals surface area (Å²) in [4.78, 5) is 35.6. The fourth-order valence-electron chi connectivity index (χ4n) is 2.52. The summed E-state index contributed by atoms with van der Waals surface area (Å²) in [6.07, 6.45) is 5.59. The molecular weight excluding hydrogens is 388 g/mol. The lowest BCUT2D eigenvalue weighted by molar-refractivity contribution is -0.111. The third-order valence-corrected chi connectivity index (χ3v) is 3.99. The van der Waals surface area contributed by atoms with E-state index in [0.29, 0.717) is 24.3 Å². The molecule has 0 saturated carbocycles. The Labute approximate surface area is 174 Å². The van der Waals surface area contributed by atoms with Gasteiger partial charge in [-0.25, -0.2) is 4.79 Å². The standard InChI is InChI=1S/C22H22N2O6/c1-4-20(25)24-17-14-18(28-2)19(13-16(17)22(27)29-3)30-12-8-11-23-21(26)15-9-6-5-7-10-15/h1,5-7,9-10,13-14H,8,11-12H2,2-3H3,(H,23,26)(H,24,25). The van der Waals surface area contributed by atoms with Gasteiger partial charge in [0.1, 0.15) is 0 Å². The van der Waals surface area contributed by atoms with Crippen LogP contribution in [0.5, 0.6) is 11.5 Å². The van der Waals surface area contributed by atoms with E-state index in [4.69, 9.17) is 20.6 Å². The number of ether oxygens (including phenoxy) is 3. The van der Waals surface area contributed by atoms with E-state index in [-0.39, 0.29) is 29.5 Å². The Morgan fingerprint density at radius 1 is 1.07 bits per heavy atom. The first kappa shape index (κ1) is 22.3. The van der Waals surface area contributed by atoms with E-state index in [2.05, 4.69) is 10.6 Å². The Morgan fingerprint density at radius 2 is 1.80 bits per heavy atom. The summed E-state index contributed by atoms with van der Waals surface area (Å²) in [5, 5.41) is 5.22. The zero-order chi connectivity index (χ0) is 21.9. The molecule has 0 atom stereocenters. The molecule has 0 heterocycles. The molecule has 8 heteroatoms.